The van der Waals surface area contributed by atoms with Crippen molar-refractivity contribution >= 4 is 28.5 Å². The standard InChI is InChI=1S/C10H7ClN2O2/c1-15-10(14)7-4-6-2-3-12-9(11)8(6)13-5-7/h2-5H,1H3. The van der Waals surface area contributed by atoms with Crippen LogP contribution in [0.4, 0.5) is 0 Å². The van der Waals surface area contributed by atoms with Crippen molar-refractivity contribution in [2.24, 2.45) is 0 Å². The third-order valence-corrected chi connectivity index (χ3v) is 2.25. The third kappa shape index (κ3) is 1.76. The summed E-state index contributed by atoms with van der Waals surface area (Å²) in [5.74, 6) is -0.419. The molecule has 0 saturated heterocycles. The number of pyridine rings is 2. The third-order valence-electron chi connectivity index (χ3n) is 1.98. The number of esters is 1. The molecule has 15 heavy (non-hydrogen) atoms. The molecule has 0 fully saturated rings. The summed E-state index contributed by atoms with van der Waals surface area (Å²) >= 11 is 5.83. The van der Waals surface area contributed by atoms with Gasteiger partial charge in [-0.2, -0.15) is 0 Å². The van der Waals surface area contributed by atoms with Crippen molar-refractivity contribution in [3.05, 3.63) is 35.2 Å². The average Bonchev–Trinajstić information content (AvgIpc) is 2.28. The summed E-state index contributed by atoms with van der Waals surface area (Å²) in [6.07, 6.45) is 2.98. The van der Waals surface area contributed by atoms with E-state index in [1.165, 1.54) is 13.3 Å². The van der Waals surface area contributed by atoms with E-state index >= 15 is 0 Å². The summed E-state index contributed by atoms with van der Waals surface area (Å²) in [7, 11) is 1.33. The Morgan fingerprint density at radius 1 is 1.47 bits per heavy atom. The van der Waals surface area contributed by atoms with Crippen LogP contribution >= 0.6 is 11.6 Å². The smallest absolute Gasteiger partial charge is 0.339 e. The first kappa shape index (κ1) is 9.86. The van der Waals surface area contributed by atoms with Gasteiger partial charge in [0, 0.05) is 17.8 Å². The largest absolute Gasteiger partial charge is 0.465 e. The topological polar surface area (TPSA) is 52.1 Å². The molecule has 0 amide bonds. The molecule has 2 rings (SSSR count). The Kier molecular flexibility index (Phi) is 2.51. The molecule has 0 bridgehead atoms. The molecule has 0 saturated carbocycles. The fraction of sp³-hybridized carbons (Fsp3) is 0.100. The van der Waals surface area contributed by atoms with Gasteiger partial charge in [-0.3, -0.25) is 4.98 Å². The fourth-order valence-corrected chi connectivity index (χ4v) is 1.47. The zero-order valence-corrected chi connectivity index (χ0v) is 8.65. The maximum Gasteiger partial charge on any atom is 0.339 e. The quantitative estimate of drug-likeness (QED) is 0.548. The van der Waals surface area contributed by atoms with Gasteiger partial charge in [0.25, 0.3) is 0 Å². The number of nitrogens with zero attached hydrogens (tertiary/aromatic N) is 2. The molecule has 2 aromatic rings. The molecule has 0 unspecified atom stereocenters. The first-order valence-electron chi connectivity index (χ1n) is 4.21. The molecule has 0 spiro atoms. The number of methoxy groups -OCH3 is 1. The van der Waals surface area contributed by atoms with Crippen LogP contribution in [0.2, 0.25) is 5.15 Å². The number of carbonyl (C=O) groups is 1. The van der Waals surface area contributed by atoms with Crippen LogP contribution in [-0.4, -0.2) is 23.0 Å². The van der Waals surface area contributed by atoms with E-state index in [2.05, 4.69) is 14.7 Å². The van der Waals surface area contributed by atoms with E-state index in [1.807, 2.05) is 0 Å². The Hall–Kier alpha value is -1.68. The summed E-state index contributed by atoms with van der Waals surface area (Å²) < 4.78 is 4.59. The van der Waals surface area contributed by atoms with Crippen LogP contribution in [0, 0.1) is 0 Å². The highest BCUT2D eigenvalue weighted by atomic mass is 35.5. The lowest BCUT2D eigenvalue weighted by molar-refractivity contribution is 0.0600. The summed E-state index contributed by atoms with van der Waals surface area (Å²) in [6.45, 7) is 0. The van der Waals surface area contributed by atoms with Gasteiger partial charge in [0.2, 0.25) is 0 Å². The van der Waals surface area contributed by atoms with Gasteiger partial charge in [-0.15, -0.1) is 0 Å². The van der Waals surface area contributed by atoms with Gasteiger partial charge < -0.3 is 4.74 Å². The first-order valence-corrected chi connectivity index (χ1v) is 4.59. The zero-order chi connectivity index (χ0) is 10.8. The average molecular weight is 223 g/mol. The predicted octanol–water partition coefficient (Wildman–Crippen LogP) is 2.07. The van der Waals surface area contributed by atoms with Crippen LogP contribution < -0.4 is 0 Å². The van der Waals surface area contributed by atoms with Crippen LogP contribution in [0.25, 0.3) is 10.9 Å². The lowest BCUT2D eigenvalue weighted by Crippen LogP contribution is -2.01. The van der Waals surface area contributed by atoms with Crippen molar-refractivity contribution in [1.82, 2.24) is 9.97 Å². The number of ether oxygens (including phenoxy) is 1. The second kappa shape index (κ2) is 3.82. The van der Waals surface area contributed by atoms with Gasteiger partial charge in [0.15, 0.2) is 5.15 Å². The Morgan fingerprint density at radius 2 is 2.27 bits per heavy atom. The minimum atomic E-state index is -0.419. The van der Waals surface area contributed by atoms with Crippen molar-refractivity contribution in [3.8, 4) is 0 Å². The van der Waals surface area contributed by atoms with Crippen molar-refractivity contribution in [3.63, 3.8) is 0 Å². The van der Waals surface area contributed by atoms with E-state index in [4.69, 9.17) is 11.6 Å². The SMILES string of the molecule is COC(=O)c1cnc2c(Cl)nccc2c1. The number of halogens is 1. The van der Waals surface area contributed by atoms with E-state index in [-0.39, 0.29) is 0 Å². The molecule has 2 heterocycles. The van der Waals surface area contributed by atoms with Gasteiger partial charge >= 0.3 is 5.97 Å². The van der Waals surface area contributed by atoms with Crippen LogP contribution in [0.1, 0.15) is 10.4 Å². The Morgan fingerprint density at radius 3 is 3.00 bits per heavy atom. The zero-order valence-electron chi connectivity index (χ0n) is 7.90. The number of rotatable bonds is 1. The van der Waals surface area contributed by atoms with Gasteiger partial charge in [0.05, 0.1) is 12.7 Å². The maximum atomic E-state index is 11.2. The molecule has 4 nitrogen and oxygen atoms in total. The van der Waals surface area contributed by atoms with Gasteiger partial charge in [0.1, 0.15) is 5.52 Å². The van der Waals surface area contributed by atoms with E-state index < -0.39 is 5.97 Å². The second-order valence-corrected chi connectivity index (χ2v) is 3.25. The van der Waals surface area contributed by atoms with Crippen molar-refractivity contribution in [2.75, 3.05) is 7.11 Å². The molecule has 2 aromatic heterocycles. The molecule has 76 valence electrons. The molecule has 0 aliphatic heterocycles. The molecule has 0 radical (unpaired) electrons. The Balaban J connectivity index is 2.62. The lowest BCUT2D eigenvalue weighted by atomic mass is 10.2. The number of aromatic nitrogens is 2. The molecule has 5 heteroatoms. The minimum Gasteiger partial charge on any atom is -0.465 e. The van der Waals surface area contributed by atoms with E-state index in [9.17, 15) is 4.79 Å². The number of hydrogen-bond donors (Lipinski definition) is 0. The normalized spacial score (nSPS) is 10.3. The molecular weight excluding hydrogens is 216 g/mol. The van der Waals surface area contributed by atoms with Gasteiger partial charge in [-0.25, -0.2) is 9.78 Å². The van der Waals surface area contributed by atoms with Crippen molar-refractivity contribution < 1.29 is 9.53 Å². The summed E-state index contributed by atoms with van der Waals surface area (Å²) in [4.78, 5) is 19.2. The summed E-state index contributed by atoms with van der Waals surface area (Å²) in [6, 6.07) is 3.41. The highest BCUT2D eigenvalue weighted by Crippen LogP contribution is 2.19. The Labute approximate surface area is 90.9 Å². The number of hydrogen-bond acceptors (Lipinski definition) is 4. The van der Waals surface area contributed by atoms with Crippen LogP contribution in [0.3, 0.4) is 0 Å². The van der Waals surface area contributed by atoms with Gasteiger partial charge in [-0.05, 0) is 12.1 Å². The molecule has 0 aliphatic carbocycles. The van der Waals surface area contributed by atoms with Crippen LogP contribution in [0.5, 0.6) is 0 Å². The first-order chi connectivity index (χ1) is 7.22. The Bertz CT molecular complexity index is 528. The molecule has 0 aromatic carbocycles. The maximum absolute atomic E-state index is 11.2. The number of fused-ring (bicyclic) bond motifs is 1. The molecule has 0 aliphatic rings. The highest BCUT2D eigenvalue weighted by Gasteiger charge is 2.08. The monoisotopic (exact) mass is 222 g/mol. The highest BCUT2D eigenvalue weighted by molar-refractivity contribution is 6.33. The van der Waals surface area contributed by atoms with Crippen LogP contribution in [-0.2, 0) is 4.74 Å². The minimum absolute atomic E-state index is 0.323. The van der Waals surface area contributed by atoms with E-state index in [0.717, 1.165) is 5.39 Å². The van der Waals surface area contributed by atoms with Crippen molar-refractivity contribution in [2.45, 2.75) is 0 Å². The molecular formula is C10H7ClN2O2. The predicted molar refractivity (Wildman–Crippen MR) is 55.9 cm³/mol. The molecule has 0 atom stereocenters. The van der Waals surface area contributed by atoms with Crippen LogP contribution in [0.15, 0.2) is 24.5 Å². The number of carbonyl (C=O) groups excluding carboxylic acids is 1. The van der Waals surface area contributed by atoms with E-state index in [1.54, 1.807) is 18.3 Å². The second-order valence-electron chi connectivity index (χ2n) is 2.89. The van der Waals surface area contributed by atoms with Crippen molar-refractivity contribution in [1.29, 1.82) is 0 Å². The fourth-order valence-electron chi connectivity index (χ4n) is 1.25. The molecule has 0 N–H and O–H groups in total. The lowest BCUT2D eigenvalue weighted by Gasteiger charge is -2.01. The summed E-state index contributed by atoms with van der Waals surface area (Å²) in [5.41, 5.74) is 0.971. The van der Waals surface area contributed by atoms with Gasteiger partial charge in [-0.1, -0.05) is 11.6 Å². The summed E-state index contributed by atoms with van der Waals surface area (Å²) in [5, 5.41) is 1.09. The van der Waals surface area contributed by atoms with E-state index in [0.29, 0.717) is 16.2 Å².